The normalized spacial score (nSPS) is 11.0. The molecule has 0 unspecified atom stereocenters. The number of fused-ring (bicyclic) bond motifs is 5. The molecule has 0 aliphatic heterocycles. The van der Waals surface area contributed by atoms with Gasteiger partial charge in [-0.25, -0.2) is 18.2 Å². The van der Waals surface area contributed by atoms with E-state index in [4.69, 9.17) is 10.1 Å². The van der Waals surface area contributed by atoms with Crippen LogP contribution in [-0.2, 0) is 0 Å². The minimum absolute atomic E-state index is 0.0433. The average molecular weight is 578 g/mol. The molecule has 7 aromatic rings. The molecule has 0 aliphatic carbocycles. The van der Waals surface area contributed by atoms with Crippen molar-refractivity contribution in [1.29, 1.82) is 15.8 Å². The van der Waals surface area contributed by atoms with Crippen molar-refractivity contribution in [2.45, 2.75) is 0 Å². The zero-order chi connectivity index (χ0) is 30.5. The van der Waals surface area contributed by atoms with Crippen LogP contribution in [0.4, 0.5) is 13.2 Å². The van der Waals surface area contributed by atoms with Crippen molar-refractivity contribution < 1.29 is 13.2 Å². The molecule has 7 rings (SSSR count). The third-order valence-electron chi connectivity index (χ3n) is 7.41. The predicted molar refractivity (Wildman–Crippen MR) is 157 cm³/mol. The molecule has 0 spiro atoms. The number of rotatable bonds is 3. The number of hydrogen-bond donors (Lipinski definition) is 0. The highest BCUT2D eigenvalue weighted by Crippen LogP contribution is 2.39. The SMILES string of the molecule is N#Cc1ccc(-c2nc3cc(-c4c(F)c(C#N)c(F)c(C#N)c4F)ccc3c3c2ccc2nn(-c4ccccc4)nc23)cc1. The van der Waals surface area contributed by atoms with Crippen molar-refractivity contribution in [3.63, 3.8) is 0 Å². The molecular formula is C34H14F3N7. The molecule has 2 aromatic heterocycles. The summed E-state index contributed by atoms with van der Waals surface area (Å²) in [5.74, 6) is -4.38. The Labute approximate surface area is 246 Å². The fourth-order valence-corrected chi connectivity index (χ4v) is 5.34. The second kappa shape index (κ2) is 10.1. The number of halogens is 3. The molecule has 0 bridgehead atoms. The molecule has 0 fully saturated rings. The Morgan fingerprint density at radius 1 is 0.614 bits per heavy atom. The van der Waals surface area contributed by atoms with Crippen LogP contribution in [0.15, 0.2) is 84.9 Å². The summed E-state index contributed by atoms with van der Waals surface area (Å²) in [4.78, 5) is 6.38. The van der Waals surface area contributed by atoms with E-state index in [2.05, 4.69) is 11.2 Å². The Morgan fingerprint density at radius 3 is 1.93 bits per heavy atom. The van der Waals surface area contributed by atoms with E-state index >= 15 is 8.78 Å². The van der Waals surface area contributed by atoms with Crippen molar-refractivity contribution in [1.82, 2.24) is 20.0 Å². The maximum absolute atomic E-state index is 15.4. The molecule has 0 saturated carbocycles. The topological polar surface area (TPSA) is 115 Å². The van der Waals surface area contributed by atoms with Crippen LogP contribution in [0.1, 0.15) is 16.7 Å². The first kappa shape index (κ1) is 26.3. The van der Waals surface area contributed by atoms with Gasteiger partial charge in [0.05, 0.1) is 34.1 Å². The van der Waals surface area contributed by atoms with E-state index in [-0.39, 0.29) is 5.56 Å². The first-order valence-corrected chi connectivity index (χ1v) is 13.1. The number of pyridine rings is 1. The van der Waals surface area contributed by atoms with Crippen LogP contribution < -0.4 is 0 Å². The van der Waals surface area contributed by atoms with Gasteiger partial charge in [-0.05, 0) is 48.0 Å². The Kier molecular flexibility index (Phi) is 6.02. The molecule has 0 N–H and O–H groups in total. The summed E-state index contributed by atoms with van der Waals surface area (Å²) in [6.45, 7) is 0. The monoisotopic (exact) mass is 577 g/mol. The summed E-state index contributed by atoms with van der Waals surface area (Å²) in [6, 6.07) is 29.2. The Morgan fingerprint density at radius 2 is 1.27 bits per heavy atom. The van der Waals surface area contributed by atoms with Gasteiger partial charge in [0, 0.05) is 21.7 Å². The number of nitriles is 3. The predicted octanol–water partition coefficient (Wildman–Crippen LogP) is 7.49. The first-order chi connectivity index (χ1) is 21.4. The molecule has 10 heteroatoms. The third-order valence-corrected chi connectivity index (χ3v) is 7.41. The minimum atomic E-state index is -1.55. The molecule has 0 saturated heterocycles. The fraction of sp³-hybridized carbons (Fsp3) is 0. The zero-order valence-electron chi connectivity index (χ0n) is 22.3. The van der Waals surface area contributed by atoms with Crippen LogP contribution in [0, 0.1) is 51.4 Å². The van der Waals surface area contributed by atoms with Crippen LogP contribution in [0.25, 0.3) is 60.8 Å². The lowest BCUT2D eigenvalue weighted by Crippen LogP contribution is -2.04. The number of para-hydroxylation sites is 1. The van der Waals surface area contributed by atoms with Crippen molar-refractivity contribution in [2.24, 2.45) is 0 Å². The first-order valence-electron chi connectivity index (χ1n) is 13.1. The lowest BCUT2D eigenvalue weighted by atomic mass is 9.94. The Balaban J connectivity index is 1.57. The highest BCUT2D eigenvalue weighted by atomic mass is 19.1. The van der Waals surface area contributed by atoms with E-state index in [1.165, 1.54) is 29.1 Å². The summed E-state index contributed by atoms with van der Waals surface area (Å²) in [6.07, 6.45) is 0. The van der Waals surface area contributed by atoms with Crippen LogP contribution >= 0.6 is 0 Å². The fourth-order valence-electron chi connectivity index (χ4n) is 5.34. The lowest BCUT2D eigenvalue weighted by Gasteiger charge is -2.13. The number of nitrogens with zero attached hydrogens (tertiary/aromatic N) is 7. The molecule has 44 heavy (non-hydrogen) atoms. The Hall–Kier alpha value is -6.57. The summed E-state index contributed by atoms with van der Waals surface area (Å²) in [7, 11) is 0. The second-order valence-electron chi connectivity index (χ2n) is 9.85. The van der Waals surface area contributed by atoms with Crippen LogP contribution in [0.5, 0.6) is 0 Å². The van der Waals surface area contributed by atoms with Crippen LogP contribution in [0.2, 0.25) is 0 Å². The van der Waals surface area contributed by atoms with Gasteiger partial charge in [-0.15, -0.1) is 10.2 Å². The summed E-state index contributed by atoms with van der Waals surface area (Å²) < 4.78 is 45.2. The van der Waals surface area contributed by atoms with Crippen LogP contribution in [0.3, 0.4) is 0 Å². The van der Waals surface area contributed by atoms with Crippen molar-refractivity contribution in [3.8, 4) is 46.3 Å². The molecule has 0 amide bonds. The molecule has 0 radical (unpaired) electrons. The maximum atomic E-state index is 15.4. The van der Waals surface area contributed by atoms with E-state index in [1.807, 2.05) is 42.5 Å². The highest BCUT2D eigenvalue weighted by Gasteiger charge is 2.27. The molecule has 7 nitrogen and oxygen atoms in total. The van der Waals surface area contributed by atoms with E-state index in [9.17, 15) is 20.2 Å². The van der Waals surface area contributed by atoms with Gasteiger partial charge < -0.3 is 0 Å². The number of hydrogen-bond acceptors (Lipinski definition) is 6. The summed E-state index contributed by atoms with van der Waals surface area (Å²) in [5, 5.41) is 39.4. The quantitative estimate of drug-likeness (QED) is 0.201. The van der Waals surface area contributed by atoms with E-state index in [0.717, 1.165) is 11.1 Å². The largest absolute Gasteiger partial charge is 0.247 e. The molecular weight excluding hydrogens is 563 g/mol. The van der Waals surface area contributed by atoms with Gasteiger partial charge in [-0.3, -0.25) is 0 Å². The Bertz CT molecular complexity index is 2410. The van der Waals surface area contributed by atoms with Crippen molar-refractivity contribution in [2.75, 3.05) is 0 Å². The smallest absolute Gasteiger partial charge is 0.164 e. The zero-order valence-corrected chi connectivity index (χ0v) is 22.3. The van der Waals surface area contributed by atoms with Crippen molar-refractivity contribution in [3.05, 3.63) is 119 Å². The van der Waals surface area contributed by atoms with Gasteiger partial charge in [0.2, 0.25) is 0 Å². The van der Waals surface area contributed by atoms with Crippen LogP contribution in [-0.4, -0.2) is 20.0 Å². The van der Waals surface area contributed by atoms with Gasteiger partial charge >= 0.3 is 0 Å². The third kappa shape index (κ3) is 3.93. The second-order valence-corrected chi connectivity index (χ2v) is 9.85. The summed E-state index contributed by atoms with van der Waals surface area (Å²) in [5.41, 5.74) is 0.993. The molecule has 2 heterocycles. The van der Waals surface area contributed by atoms with E-state index in [1.54, 1.807) is 30.3 Å². The van der Waals surface area contributed by atoms with E-state index in [0.29, 0.717) is 44.1 Å². The standard InChI is InChI=1S/C34H14F3N7/c35-30-24(16-39)31(36)28(32(37)25(30)17-40)20-10-11-22-27(14-20)41-33(19-8-6-18(15-38)7-9-19)23-12-13-26-34(29(22)23)43-44(42-26)21-4-2-1-3-5-21/h1-14H. The lowest BCUT2D eigenvalue weighted by molar-refractivity contribution is 0.539. The van der Waals surface area contributed by atoms with Gasteiger partial charge in [0.25, 0.3) is 0 Å². The maximum Gasteiger partial charge on any atom is 0.164 e. The number of aromatic nitrogens is 4. The molecule has 206 valence electrons. The summed E-state index contributed by atoms with van der Waals surface area (Å²) >= 11 is 0. The van der Waals surface area contributed by atoms with Gasteiger partial charge in [0.1, 0.15) is 34.3 Å². The molecule has 0 atom stereocenters. The highest BCUT2D eigenvalue weighted by molar-refractivity contribution is 6.21. The molecule has 5 aromatic carbocycles. The minimum Gasteiger partial charge on any atom is -0.247 e. The van der Waals surface area contributed by atoms with E-state index < -0.39 is 34.1 Å². The van der Waals surface area contributed by atoms with Gasteiger partial charge in [0.15, 0.2) is 17.5 Å². The average Bonchev–Trinajstić information content (AvgIpc) is 3.50. The number of benzene rings is 5. The van der Waals surface area contributed by atoms with Gasteiger partial charge in [-0.2, -0.15) is 20.6 Å². The molecule has 0 aliphatic rings. The van der Waals surface area contributed by atoms with Crippen molar-refractivity contribution >= 4 is 32.7 Å². The van der Waals surface area contributed by atoms with Gasteiger partial charge in [-0.1, -0.05) is 42.5 Å².